The van der Waals surface area contributed by atoms with Crippen molar-refractivity contribution < 1.29 is 19.1 Å². The van der Waals surface area contributed by atoms with E-state index >= 15 is 0 Å². The van der Waals surface area contributed by atoms with Crippen LogP contribution in [0, 0.1) is 17.2 Å². The summed E-state index contributed by atoms with van der Waals surface area (Å²) in [5, 5.41) is 16.6. The van der Waals surface area contributed by atoms with E-state index in [1.165, 1.54) is 20.0 Å². The second-order valence-corrected chi connectivity index (χ2v) is 9.05. The molecule has 0 radical (unpaired) electrons. The summed E-state index contributed by atoms with van der Waals surface area (Å²) < 4.78 is 4.70. The number of piperazine rings is 1. The van der Waals surface area contributed by atoms with E-state index in [2.05, 4.69) is 22.1 Å². The smallest absolute Gasteiger partial charge is 0.411 e. The van der Waals surface area contributed by atoms with Gasteiger partial charge < -0.3 is 15.0 Å². The fourth-order valence-corrected chi connectivity index (χ4v) is 4.87. The maximum atomic E-state index is 13.2. The van der Waals surface area contributed by atoms with Crippen molar-refractivity contribution >= 4 is 23.6 Å². The number of hydrogen-bond acceptors (Lipinski definition) is 7. The minimum Gasteiger partial charge on any atom is -0.453 e. The first-order valence-electron chi connectivity index (χ1n) is 12.6. The lowest BCUT2D eigenvalue weighted by Crippen LogP contribution is -2.57. The number of ether oxygens (including phenoxy) is 1. The van der Waals surface area contributed by atoms with Crippen LogP contribution in [0.3, 0.4) is 0 Å². The number of hydrogen-bond donors (Lipinski definition) is 3. The Morgan fingerprint density at radius 1 is 1.25 bits per heavy atom. The van der Waals surface area contributed by atoms with Gasteiger partial charge in [0.1, 0.15) is 5.70 Å². The molecule has 2 atom stereocenters. The summed E-state index contributed by atoms with van der Waals surface area (Å²) in [6.07, 6.45) is 6.25. The Hall–Kier alpha value is -3.58. The molecule has 0 spiro atoms. The van der Waals surface area contributed by atoms with Crippen LogP contribution in [0.5, 0.6) is 0 Å². The first-order chi connectivity index (χ1) is 17.4. The fraction of sp³-hybridized carbons (Fsp3) is 0.538. The lowest BCUT2D eigenvalue weighted by Gasteiger charge is -2.39. The monoisotopic (exact) mass is 496 g/mol. The summed E-state index contributed by atoms with van der Waals surface area (Å²) in [6.45, 7) is 6.63. The molecule has 0 bridgehead atoms. The average molecular weight is 497 g/mol. The molecular weight excluding hydrogens is 460 g/mol. The van der Waals surface area contributed by atoms with Crippen LogP contribution in [-0.2, 0) is 14.3 Å². The van der Waals surface area contributed by atoms with Crippen molar-refractivity contribution in [3.8, 4) is 6.07 Å². The van der Waals surface area contributed by atoms with Crippen molar-refractivity contribution in [3.63, 3.8) is 0 Å². The van der Waals surface area contributed by atoms with Gasteiger partial charge in [-0.05, 0) is 49.5 Å². The molecule has 1 aromatic carbocycles. The molecule has 1 saturated carbocycles. The van der Waals surface area contributed by atoms with Gasteiger partial charge in [-0.1, -0.05) is 32.8 Å². The van der Waals surface area contributed by atoms with Crippen LogP contribution < -0.4 is 16.1 Å². The summed E-state index contributed by atoms with van der Waals surface area (Å²) in [7, 11) is 1.26. The molecule has 36 heavy (non-hydrogen) atoms. The standard InChI is InChI=1S/C24H30N6O4.C2H6/c1-15-13-29(14-26-22(31)10-16-5-3-4-6-16)23(32)21-11-20(28-30(15)21)18-8-7-17(12-25)9-19(18)27-24(33)34-2;1-2/h7-9,11,15-16,20,28H,3-6,10,13-14H2,1-2H3,(H,26,31)(H,27,33);1-2H3. The molecule has 194 valence electrons. The number of carbonyl (C=O) groups is 3. The Labute approximate surface area is 212 Å². The van der Waals surface area contributed by atoms with Gasteiger partial charge in [0.05, 0.1) is 43.2 Å². The highest BCUT2D eigenvalue weighted by Gasteiger charge is 2.39. The third kappa shape index (κ3) is 6.15. The average Bonchev–Trinajstić information content (AvgIpc) is 3.57. The predicted octanol–water partition coefficient (Wildman–Crippen LogP) is 3.39. The number of nitrogens with one attached hydrogen (secondary N) is 3. The second kappa shape index (κ2) is 12.4. The van der Waals surface area contributed by atoms with Gasteiger partial charge in [-0.2, -0.15) is 5.26 Å². The molecule has 4 rings (SSSR count). The third-order valence-electron chi connectivity index (χ3n) is 6.65. The van der Waals surface area contributed by atoms with Crippen molar-refractivity contribution in [2.45, 2.75) is 65.0 Å². The van der Waals surface area contributed by atoms with Crippen molar-refractivity contribution in [3.05, 3.63) is 41.1 Å². The molecule has 2 heterocycles. The van der Waals surface area contributed by atoms with Crippen molar-refractivity contribution in [2.75, 3.05) is 25.6 Å². The van der Waals surface area contributed by atoms with Crippen LogP contribution in [0.4, 0.5) is 10.5 Å². The number of nitrogens with zero attached hydrogens (tertiary/aromatic N) is 3. The number of anilines is 1. The molecule has 1 aromatic rings. The van der Waals surface area contributed by atoms with Crippen LogP contribution in [0.15, 0.2) is 30.0 Å². The number of benzene rings is 1. The first-order valence-corrected chi connectivity index (χ1v) is 12.6. The summed E-state index contributed by atoms with van der Waals surface area (Å²) in [6, 6.07) is 6.61. The molecule has 3 aliphatic rings. The highest BCUT2D eigenvalue weighted by Crippen LogP contribution is 2.34. The number of fused-ring (bicyclic) bond motifs is 1. The zero-order valence-electron chi connectivity index (χ0n) is 21.5. The van der Waals surface area contributed by atoms with Gasteiger partial charge in [-0.15, -0.1) is 0 Å². The fourth-order valence-electron chi connectivity index (χ4n) is 4.87. The zero-order valence-corrected chi connectivity index (χ0v) is 21.5. The number of amides is 3. The maximum absolute atomic E-state index is 13.2. The van der Waals surface area contributed by atoms with E-state index in [9.17, 15) is 19.6 Å². The maximum Gasteiger partial charge on any atom is 0.411 e. The van der Waals surface area contributed by atoms with Crippen LogP contribution in [0.1, 0.15) is 70.0 Å². The summed E-state index contributed by atoms with van der Waals surface area (Å²) >= 11 is 0. The summed E-state index contributed by atoms with van der Waals surface area (Å²) in [5.41, 5.74) is 5.33. The molecule has 0 aromatic heterocycles. The Morgan fingerprint density at radius 2 is 1.97 bits per heavy atom. The van der Waals surface area contributed by atoms with Gasteiger partial charge in [0.25, 0.3) is 5.91 Å². The lowest BCUT2D eigenvalue weighted by molar-refractivity contribution is -0.135. The van der Waals surface area contributed by atoms with E-state index in [0.717, 1.165) is 12.8 Å². The SMILES string of the molecule is CC.COC(=O)Nc1cc(C#N)ccc1C1C=C2C(=O)N(CNC(=O)CC3CCCC3)CC(C)N2N1. The minimum atomic E-state index is -0.649. The Bertz CT molecular complexity index is 1040. The molecule has 10 nitrogen and oxygen atoms in total. The van der Waals surface area contributed by atoms with Gasteiger partial charge in [-0.25, -0.2) is 10.2 Å². The van der Waals surface area contributed by atoms with Crippen LogP contribution in [-0.4, -0.2) is 54.2 Å². The molecule has 10 heteroatoms. The summed E-state index contributed by atoms with van der Waals surface area (Å²) in [4.78, 5) is 39.0. The molecule has 3 amide bonds. The predicted molar refractivity (Wildman–Crippen MR) is 135 cm³/mol. The first kappa shape index (κ1) is 27.0. The quantitative estimate of drug-likeness (QED) is 0.551. The van der Waals surface area contributed by atoms with Gasteiger partial charge in [0.2, 0.25) is 5.91 Å². The topological polar surface area (TPSA) is 127 Å². The molecule has 1 aliphatic carbocycles. The van der Waals surface area contributed by atoms with Gasteiger partial charge in [0, 0.05) is 13.0 Å². The number of rotatable bonds is 6. The van der Waals surface area contributed by atoms with E-state index in [4.69, 9.17) is 4.74 Å². The van der Waals surface area contributed by atoms with E-state index in [-0.39, 0.29) is 24.5 Å². The van der Waals surface area contributed by atoms with Crippen LogP contribution >= 0.6 is 0 Å². The number of carbonyl (C=O) groups excluding carboxylic acids is 3. The van der Waals surface area contributed by atoms with Crippen LogP contribution in [0.25, 0.3) is 0 Å². The molecular formula is C26H36N6O4. The van der Waals surface area contributed by atoms with Crippen molar-refractivity contribution in [1.82, 2.24) is 20.7 Å². The Balaban J connectivity index is 0.00000176. The molecule has 2 unspecified atom stereocenters. The van der Waals surface area contributed by atoms with Gasteiger partial charge in [0.15, 0.2) is 0 Å². The zero-order chi connectivity index (χ0) is 26.2. The minimum absolute atomic E-state index is 0.0118. The number of methoxy groups -OCH3 is 1. The van der Waals surface area contributed by atoms with Gasteiger partial charge in [-0.3, -0.25) is 19.9 Å². The Morgan fingerprint density at radius 3 is 2.64 bits per heavy atom. The highest BCUT2D eigenvalue weighted by atomic mass is 16.5. The molecule has 2 aliphatic heterocycles. The van der Waals surface area contributed by atoms with E-state index in [1.54, 1.807) is 29.2 Å². The summed E-state index contributed by atoms with van der Waals surface area (Å²) in [5.74, 6) is 0.266. The largest absolute Gasteiger partial charge is 0.453 e. The number of nitriles is 1. The third-order valence-corrected chi connectivity index (χ3v) is 6.65. The molecule has 2 fully saturated rings. The second-order valence-electron chi connectivity index (χ2n) is 9.05. The van der Waals surface area contributed by atoms with E-state index in [0.29, 0.717) is 41.4 Å². The lowest BCUT2D eigenvalue weighted by atomic mass is 10.0. The number of hydrazine groups is 1. The van der Waals surface area contributed by atoms with Gasteiger partial charge >= 0.3 is 6.09 Å². The normalized spacial score (nSPS) is 21.1. The molecule has 3 N–H and O–H groups in total. The van der Waals surface area contributed by atoms with Crippen molar-refractivity contribution in [1.29, 1.82) is 5.26 Å². The highest BCUT2D eigenvalue weighted by molar-refractivity contribution is 5.95. The van der Waals surface area contributed by atoms with Crippen LogP contribution in [0.2, 0.25) is 0 Å². The van der Waals surface area contributed by atoms with E-state index < -0.39 is 12.1 Å². The molecule has 1 saturated heterocycles. The Kier molecular flexibility index (Phi) is 9.31. The van der Waals surface area contributed by atoms with E-state index in [1.807, 2.05) is 25.8 Å². The van der Waals surface area contributed by atoms with Crippen molar-refractivity contribution in [2.24, 2.45) is 5.92 Å².